The summed E-state index contributed by atoms with van der Waals surface area (Å²) in [5.41, 5.74) is 6.45. The predicted octanol–water partition coefficient (Wildman–Crippen LogP) is 3.06. The smallest absolute Gasteiger partial charge is 0.250 e. The second-order valence-corrected chi connectivity index (χ2v) is 11.0. The first-order valence-electron chi connectivity index (χ1n) is 14.2. The number of amides is 3. The number of imidazole rings is 1. The third-order valence-corrected chi connectivity index (χ3v) is 7.14. The highest BCUT2D eigenvalue weighted by Crippen LogP contribution is 2.27. The van der Waals surface area contributed by atoms with Gasteiger partial charge in [0.2, 0.25) is 5.91 Å². The SMILES string of the molecule is C.COOCC1CCCN1C(=O)C(c1ccccc1)n1cnc(NC(=O)[C@H](COCc2ccccc2)NC(=O)C(C)(C)N)c1. The summed E-state index contributed by atoms with van der Waals surface area (Å²) in [5, 5.41) is 5.43. The summed E-state index contributed by atoms with van der Waals surface area (Å²) in [4.78, 5) is 56.0. The van der Waals surface area contributed by atoms with E-state index in [9.17, 15) is 14.4 Å². The monoisotopic (exact) mass is 608 g/mol. The van der Waals surface area contributed by atoms with E-state index in [2.05, 4.69) is 15.6 Å². The summed E-state index contributed by atoms with van der Waals surface area (Å²) in [6.45, 7) is 4.14. The number of benzene rings is 2. The lowest BCUT2D eigenvalue weighted by Gasteiger charge is -2.29. The van der Waals surface area contributed by atoms with Gasteiger partial charge in [-0.2, -0.15) is 0 Å². The molecule has 2 aromatic carbocycles. The number of carbonyl (C=O) groups excluding carboxylic acids is 3. The molecule has 3 aromatic rings. The molecule has 0 bridgehead atoms. The van der Waals surface area contributed by atoms with Crippen molar-refractivity contribution >= 4 is 23.5 Å². The standard InChI is InChI=1S/C31H40N6O6.CH4/c1-31(2,32)30(40)34-25(20-42-18-22-11-6-4-7-12-22)28(38)35-26-17-36(21-33-26)27(23-13-8-5-9-14-23)29(39)37-16-10-15-24(37)19-43-41-3;/h4-9,11-14,17,21,24-25,27H,10,15-16,18-20,32H2,1-3H3,(H,34,40)(H,35,38);1H4/t24?,25-,27?;/m0./s1. The normalized spacial score (nSPS) is 16.1. The van der Waals surface area contributed by atoms with Crippen molar-refractivity contribution < 1.29 is 28.9 Å². The number of carbonyl (C=O) groups is 3. The van der Waals surface area contributed by atoms with E-state index in [0.29, 0.717) is 6.54 Å². The van der Waals surface area contributed by atoms with Crippen LogP contribution in [-0.2, 0) is 35.5 Å². The Balaban J connectivity index is 0.00000529. The molecule has 1 fully saturated rings. The summed E-state index contributed by atoms with van der Waals surface area (Å²) >= 11 is 0. The number of anilines is 1. The summed E-state index contributed by atoms with van der Waals surface area (Å²) in [7, 11) is 1.44. The van der Waals surface area contributed by atoms with E-state index in [1.54, 1.807) is 29.5 Å². The fraction of sp³-hybridized carbons (Fsp3) is 0.438. The van der Waals surface area contributed by atoms with Gasteiger partial charge in [-0.15, -0.1) is 0 Å². The van der Waals surface area contributed by atoms with Crippen molar-refractivity contribution in [2.45, 2.75) is 64.4 Å². The summed E-state index contributed by atoms with van der Waals surface area (Å²) in [6, 6.07) is 17.0. The van der Waals surface area contributed by atoms with Crippen LogP contribution in [0, 0.1) is 0 Å². The Bertz CT molecular complexity index is 1340. The molecule has 12 nitrogen and oxygen atoms in total. The van der Waals surface area contributed by atoms with Gasteiger partial charge in [-0.1, -0.05) is 68.1 Å². The van der Waals surface area contributed by atoms with Gasteiger partial charge in [-0.25, -0.2) is 14.8 Å². The van der Waals surface area contributed by atoms with Crippen LogP contribution < -0.4 is 16.4 Å². The Morgan fingerprint density at radius 3 is 2.43 bits per heavy atom. The summed E-state index contributed by atoms with van der Waals surface area (Å²) in [6.07, 6.45) is 4.77. The zero-order valence-corrected chi connectivity index (χ0v) is 24.8. The minimum atomic E-state index is -1.20. The van der Waals surface area contributed by atoms with Crippen molar-refractivity contribution in [3.05, 3.63) is 84.3 Å². The van der Waals surface area contributed by atoms with Crippen LogP contribution in [0.2, 0.25) is 0 Å². The van der Waals surface area contributed by atoms with Crippen molar-refractivity contribution in [1.82, 2.24) is 19.8 Å². The van der Waals surface area contributed by atoms with Gasteiger partial charge in [0.05, 0.1) is 38.2 Å². The van der Waals surface area contributed by atoms with Crippen molar-refractivity contribution in [3.63, 3.8) is 0 Å². The number of hydrogen-bond donors (Lipinski definition) is 3. The van der Waals surface area contributed by atoms with E-state index in [-0.39, 0.29) is 45.0 Å². The fourth-order valence-electron chi connectivity index (χ4n) is 4.83. The molecule has 4 rings (SSSR count). The molecule has 0 aliphatic carbocycles. The molecule has 4 N–H and O–H groups in total. The second kappa shape index (κ2) is 16.1. The van der Waals surface area contributed by atoms with E-state index < -0.39 is 29.4 Å². The Hall–Kier alpha value is -4.10. The van der Waals surface area contributed by atoms with Crippen LogP contribution in [0.1, 0.15) is 51.3 Å². The minimum Gasteiger partial charge on any atom is -0.374 e. The molecule has 0 spiro atoms. The first-order valence-corrected chi connectivity index (χ1v) is 14.2. The van der Waals surface area contributed by atoms with Gasteiger partial charge >= 0.3 is 0 Å². The maximum absolute atomic E-state index is 13.9. The highest BCUT2D eigenvalue weighted by molar-refractivity contribution is 5.98. The lowest BCUT2D eigenvalue weighted by molar-refractivity contribution is -0.278. The minimum absolute atomic E-state index is 0. The van der Waals surface area contributed by atoms with E-state index in [1.165, 1.54) is 13.4 Å². The van der Waals surface area contributed by atoms with Gasteiger partial charge in [0.25, 0.3) is 11.8 Å². The highest BCUT2D eigenvalue weighted by atomic mass is 17.2. The Morgan fingerprint density at radius 2 is 1.77 bits per heavy atom. The number of aromatic nitrogens is 2. The molecule has 1 aromatic heterocycles. The molecule has 0 radical (unpaired) electrons. The fourth-order valence-corrected chi connectivity index (χ4v) is 4.83. The van der Waals surface area contributed by atoms with Crippen LogP contribution in [-0.4, -0.2) is 76.7 Å². The molecule has 1 aliphatic heterocycles. The number of hydrogen-bond acceptors (Lipinski definition) is 8. The van der Waals surface area contributed by atoms with Crippen LogP contribution in [0.5, 0.6) is 0 Å². The number of likely N-dealkylation sites (tertiary alicyclic amines) is 1. The van der Waals surface area contributed by atoms with Crippen molar-refractivity contribution in [2.24, 2.45) is 5.73 Å². The summed E-state index contributed by atoms with van der Waals surface area (Å²) in [5.74, 6) is -0.939. The third-order valence-electron chi connectivity index (χ3n) is 7.14. The quantitative estimate of drug-likeness (QED) is 0.187. The lowest BCUT2D eigenvalue weighted by Crippen LogP contribution is -2.56. The van der Waals surface area contributed by atoms with Gasteiger partial charge in [-0.3, -0.25) is 14.4 Å². The molecule has 2 unspecified atom stereocenters. The van der Waals surface area contributed by atoms with Crippen LogP contribution in [0.4, 0.5) is 5.82 Å². The Labute approximate surface area is 258 Å². The maximum atomic E-state index is 13.9. The van der Waals surface area contributed by atoms with Gasteiger partial charge in [0.15, 0.2) is 5.82 Å². The number of nitrogens with one attached hydrogen (secondary N) is 2. The molecule has 238 valence electrons. The number of rotatable bonds is 14. The topological polar surface area (TPSA) is 150 Å². The number of ether oxygens (including phenoxy) is 1. The molecule has 44 heavy (non-hydrogen) atoms. The molecule has 1 aliphatic rings. The van der Waals surface area contributed by atoms with E-state index in [0.717, 1.165) is 24.0 Å². The molecular formula is C32H44N6O6. The zero-order valence-electron chi connectivity index (χ0n) is 24.8. The largest absolute Gasteiger partial charge is 0.374 e. The molecule has 1 saturated heterocycles. The van der Waals surface area contributed by atoms with E-state index in [4.69, 9.17) is 20.2 Å². The number of nitrogens with two attached hydrogens (primary N) is 1. The Morgan fingerprint density at radius 1 is 1.09 bits per heavy atom. The average molecular weight is 609 g/mol. The van der Waals surface area contributed by atoms with Gasteiger partial charge in [-0.05, 0) is 37.8 Å². The van der Waals surface area contributed by atoms with Gasteiger partial charge < -0.3 is 30.6 Å². The molecule has 3 amide bonds. The van der Waals surface area contributed by atoms with E-state index >= 15 is 0 Å². The maximum Gasteiger partial charge on any atom is 0.250 e. The van der Waals surface area contributed by atoms with Crippen molar-refractivity contribution in [1.29, 1.82) is 0 Å². The average Bonchev–Trinajstić information content (AvgIpc) is 3.66. The molecular weight excluding hydrogens is 564 g/mol. The summed E-state index contributed by atoms with van der Waals surface area (Å²) < 4.78 is 7.44. The third kappa shape index (κ3) is 9.20. The van der Waals surface area contributed by atoms with Crippen LogP contribution in [0.3, 0.4) is 0 Å². The van der Waals surface area contributed by atoms with Gasteiger partial charge in [0, 0.05) is 12.7 Å². The van der Waals surface area contributed by atoms with Gasteiger partial charge in [0.1, 0.15) is 18.7 Å². The number of nitrogens with zero attached hydrogens (tertiary/aromatic N) is 3. The first kappa shape index (κ1) is 34.4. The second-order valence-electron chi connectivity index (χ2n) is 11.0. The van der Waals surface area contributed by atoms with Crippen molar-refractivity contribution in [3.8, 4) is 0 Å². The first-order chi connectivity index (χ1) is 20.7. The molecule has 2 heterocycles. The lowest BCUT2D eigenvalue weighted by atomic mass is 10.0. The molecule has 12 heteroatoms. The van der Waals surface area contributed by atoms with Crippen LogP contribution >= 0.6 is 0 Å². The highest BCUT2D eigenvalue weighted by Gasteiger charge is 2.35. The van der Waals surface area contributed by atoms with E-state index in [1.807, 2.05) is 60.7 Å². The predicted molar refractivity (Wildman–Crippen MR) is 166 cm³/mol. The van der Waals surface area contributed by atoms with Crippen molar-refractivity contribution in [2.75, 3.05) is 32.2 Å². The Kier molecular flexibility index (Phi) is 12.6. The molecule has 3 atom stereocenters. The molecule has 0 saturated carbocycles. The zero-order chi connectivity index (χ0) is 30.8. The van der Waals surface area contributed by atoms with Crippen LogP contribution in [0.15, 0.2) is 73.2 Å². The van der Waals surface area contributed by atoms with Crippen LogP contribution in [0.25, 0.3) is 0 Å².